The molecule has 3 atom stereocenters. The van der Waals surface area contributed by atoms with Crippen molar-refractivity contribution in [2.24, 2.45) is 5.92 Å². The van der Waals surface area contributed by atoms with Crippen LogP contribution in [0, 0.1) is 5.92 Å². The zero-order valence-electron chi connectivity index (χ0n) is 20.3. The molecule has 0 spiro atoms. The number of para-hydroxylation sites is 1. The quantitative estimate of drug-likeness (QED) is 0.607. The maximum atomic E-state index is 13.7. The molecule has 4 heterocycles. The SMILES string of the molecule is CCC(NC(=O)c1c(O)c2ccccc2n(C2CCOCC2)c1=O)N1C2CC3CC1CC(O)(C3)C2. The maximum absolute atomic E-state index is 13.7. The number of benzene rings is 1. The van der Waals surface area contributed by atoms with Crippen LogP contribution < -0.4 is 10.9 Å². The number of hydrogen-bond donors (Lipinski definition) is 3. The van der Waals surface area contributed by atoms with Crippen LogP contribution in [0.3, 0.4) is 0 Å². The molecular formula is C27H35N3O5. The second kappa shape index (κ2) is 8.61. The number of amides is 1. The highest BCUT2D eigenvalue weighted by molar-refractivity contribution is 6.02. The van der Waals surface area contributed by atoms with Gasteiger partial charge in [-0.1, -0.05) is 19.1 Å². The van der Waals surface area contributed by atoms with Crippen LogP contribution >= 0.6 is 0 Å². The minimum absolute atomic E-state index is 0.0795. The van der Waals surface area contributed by atoms with Crippen molar-refractivity contribution >= 4 is 16.8 Å². The molecule has 2 aromatic rings. The first-order valence-electron chi connectivity index (χ1n) is 13.1. The molecule has 3 unspecified atom stereocenters. The van der Waals surface area contributed by atoms with Crippen LogP contribution in [0.15, 0.2) is 29.1 Å². The van der Waals surface area contributed by atoms with E-state index in [0.717, 1.165) is 32.1 Å². The average Bonchev–Trinajstić information content (AvgIpc) is 2.83. The van der Waals surface area contributed by atoms with E-state index in [9.17, 15) is 19.8 Å². The van der Waals surface area contributed by atoms with Crippen LogP contribution in [-0.4, -0.2) is 62.7 Å². The van der Waals surface area contributed by atoms with E-state index in [-0.39, 0.29) is 35.6 Å². The molecule has 2 saturated carbocycles. The lowest BCUT2D eigenvalue weighted by Gasteiger charge is -2.61. The smallest absolute Gasteiger partial charge is 0.267 e. The van der Waals surface area contributed by atoms with E-state index in [2.05, 4.69) is 10.2 Å². The minimum Gasteiger partial charge on any atom is -0.506 e. The number of rotatable bonds is 5. The van der Waals surface area contributed by atoms with E-state index in [0.29, 0.717) is 49.3 Å². The highest BCUT2D eigenvalue weighted by Gasteiger charge is 2.55. The Kier molecular flexibility index (Phi) is 5.66. The number of pyridine rings is 1. The van der Waals surface area contributed by atoms with E-state index in [1.54, 1.807) is 10.6 Å². The summed E-state index contributed by atoms with van der Waals surface area (Å²) in [6.07, 6.45) is 6.28. The number of fused-ring (bicyclic) bond motifs is 1. The molecule has 3 aliphatic heterocycles. The fraction of sp³-hybridized carbons (Fsp3) is 0.630. The summed E-state index contributed by atoms with van der Waals surface area (Å²) in [5, 5.41) is 25.7. The standard InChI is InChI=1S/C27H35N3O5/c1-2-22(29-18-11-16-12-19(29)15-27(34,13-16)14-18)28-25(32)23-24(31)20-5-3-4-6-21(20)30(26(23)33)17-7-9-35-10-8-17/h3-6,16-19,22,31,34H,2,7-15H2,1H3,(H,28,32). The normalized spacial score (nSPS) is 31.7. The number of aromatic nitrogens is 1. The number of nitrogens with zero attached hydrogens (tertiary/aromatic N) is 2. The summed E-state index contributed by atoms with van der Waals surface area (Å²) in [5.74, 6) is -0.229. The summed E-state index contributed by atoms with van der Waals surface area (Å²) in [6.45, 7) is 3.17. The Bertz CT molecular complexity index is 1190. The molecule has 3 saturated heterocycles. The topological polar surface area (TPSA) is 104 Å². The molecule has 8 nitrogen and oxygen atoms in total. The molecule has 4 bridgehead atoms. The Hall–Kier alpha value is -2.42. The van der Waals surface area contributed by atoms with Crippen molar-refractivity contribution in [3.05, 3.63) is 40.2 Å². The van der Waals surface area contributed by atoms with Gasteiger partial charge in [0, 0.05) is 36.7 Å². The average molecular weight is 482 g/mol. The van der Waals surface area contributed by atoms with Crippen LogP contribution in [0.25, 0.3) is 10.9 Å². The molecule has 0 radical (unpaired) electrons. The van der Waals surface area contributed by atoms with Crippen LogP contribution in [-0.2, 0) is 4.74 Å². The number of carbonyl (C=O) groups excluding carboxylic acids is 1. The van der Waals surface area contributed by atoms with E-state index >= 15 is 0 Å². The second-order valence-electron chi connectivity index (χ2n) is 11.1. The van der Waals surface area contributed by atoms with Crippen molar-refractivity contribution < 1.29 is 19.7 Å². The van der Waals surface area contributed by atoms with Crippen molar-refractivity contribution in [2.75, 3.05) is 13.2 Å². The molecule has 3 N–H and O–H groups in total. The van der Waals surface area contributed by atoms with E-state index in [1.165, 1.54) is 0 Å². The van der Waals surface area contributed by atoms with Crippen molar-refractivity contribution in [1.29, 1.82) is 0 Å². The highest BCUT2D eigenvalue weighted by atomic mass is 16.5. The van der Waals surface area contributed by atoms with Crippen LogP contribution in [0.5, 0.6) is 5.75 Å². The molecule has 35 heavy (non-hydrogen) atoms. The predicted octanol–water partition coefficient (Wildman–Crippen LogP) is 2.90. The van der Waals surface area contributed by atoms with Gasteiger partial charge in [0.25, 0.3) is 11.5 Å². The molecule has 1 aromatic carbocycles. The Morgan fingerprint density at radius 2 is 1.83 bits per heavy atom. The van der Waals surface area contributed by atoms with Gasteiger partial charge in [-0.3, -0.25) is 14.5 Å². The van der Waals surface area contributed by atoms with Crippen molar-refractivity contribution in [3.63, 3.8) is 0 Å². The third kappa shape index (κ3) is 3.77. The lowest BCUT2D eigenvalue weighted by atomic mass is 9.61. The van der Waals surface area contributed by atoms with Crippen LogP contribution in [0.2, 0.25) is 0 Å². The highest BCUT2D eigenvalue weighted by Crippen LogP contribution is 2.52. The molecule has 5 fully saturated rings. The summed E-state index contributed by atoms with van der Waals surface area (Å²) in [7, 11) is 0. The molecule has 188 valence electrons. The lowest BCUT2D eigenvalue weighted by Crippen LogP contribution is -2.69. The number of aromatic hydroxyl groups is 1. The van der Waals surface area contributed by atoms with E-state index < -0.39 is 17.1 Å². The fourth-order valence-electron chi connectivity index (χ4n) is 7.60. The molecule has 8 heteroatoms. The van der Waals surface area contributed by atoms with Gasteiger partial charge in [0.05, 0.1) is 17.3 Å². The Labute approximate surface area is 204 Å². The predicted molar refractivity (Wildman–Crippen MR) is 131 cm³/mol. The zero-order valence-corrected chi connectivity index (χ0v) is 20.3. The molecular weight excluding hydrogens is 446 g/mol. The van der Waals surface area contributed by atoms with Gasteiger partial charge in [-0.15, -0.1) is 0 Å². The summed E-state index contributed by atoms with van der Waals surface area (Å²) in [5.41, 5.74) is -0.556. The molecule has 5 aliphatic rings. The zero-order chi connectivity index (χ0) is 24.3. The summed E-state index contributed by atoms with van der Waals surface area (Å²) >= 11 is 0. The molecule has 1 aromatic heterocycles. The van der Waals surface area contributed by atoms with Gasteiger partial charge in [-0.2, -0.15) is 0 Å². The Balaban J connectivity index is 1.35. The number of ether oxygens (including phenoxy) is 1. The monoisotopic (exact) mass is 481 g/mol. The Morgan fingerprint density at radius 3 is 2.49 bits per heavy atom. The first-order valence-corrected chi connectivity index (χ1v) is 13.1. The number of aliphatic hydroxyl groups is 1. The maximum Gasteiger partial charge on any atom is 0.267 e. The van der Waals surface area contributed by atoms with Crippen molar-refractivity contribution in [1.82, 2.24) is 14.8 Å². The molecule has 7 rings (SSSR count). The Morgan fingerprint density at radius 1 is 1.14 bits per heavy atom. The second-order valence-corrected chi connectivity index (χ2v) is 11.1. The fourth-order valence-corrected chi connectivity index (χ4v) is 7.60. The third-order valence-electron chi connectivity index (χ3n) is 8.87. The van der Waals surface area contributed by atoms with Gasteiger partial charge >= 0.3 is 0 Å². The van der Waals surface area contributed by atoms with Gasteiger partial charge in [0.15, 0.2) is 0 Å². The van der Waals surface area contributed by atoms with Gasteiger partial charge in [-0.25, -0.2) is 0 Å². The van der Waals surface area contributed by atoms with Crippen molar-refractivity contribution in [2.45, 2.75) is 88.2 Å². The van der Waals surface area contributed by atoms with Gasteiger partial charge < -0.3 is 24.8 Å². The summed E-state index contributed by atoms with van der Waals surface area (Å²) in [6, 6.07) is 7.63. The van der Waals surface area contributed by atoms with E-state index in [1.807, 2.05) is 25.1 Å². The summed E-state index contributed by atoms with van der Waals surface area (Å²) in [4.78, 5) is 29.8. The van der Waals surface area contributed by atoms with Crippen LogP contribution in [0.4, 0.5) is 0 Å². The summed E-state index contributed by atoms with van der Waals surface area (Å²) < 4.78 is 7.18. The third-order valence-corrected chi connectivity index (χ3v) is 8.87. The van der Waals surface area contributed by atoms with Crippen molar-refractivity contribution in [3.8, 4) is 5.75 Å². The molecule has 1 amide bonds. The first-order chi connectivity index (χ1) is 16.9. The first kappa shape index (κ1) is 23.0. The van der Waals surface area contributed by atoms with Gasteiger partial charge in [0.1, 0.15) is 11.3 Å². The number of piperidine rings is 2. The largest absolute Gasteiger partial charge is 0.506 e. The van der Waals surface area contributed by atoms with Gasteiger partial charge in [0.2, 0.25) is 0 Å². The minimum atomic E-state index is -0.566. The molecule has 2 aliphatic carbocycles. The number of carbonyl (C=O) groups is 1. The van der Waals surface area contributed by atoms with Gasteiger partial charge in [-0.05, 0) is 69.4 Å². The van der Waals surface area contributed by atoms with E-state index in [4.69, 9.17) is 4.74 Å². The lowest BCUT2D eigenvalue weighted by molar-refractivity contribution is -0.170. The van der Waals surface area contributed by atoms with Crippen LogP contribution in [0.1, 0.15) is 74.7 Å². The number of nitrogens with one attached hydrogen (secondary N) is 1. The number of hydrogen-bond acceptors (Lipinski definition) is 6.